The summed E-state index contributed by atoms with van der Waals surface area (Å²) < 4.78 is 52.0. The quantitative estimate of drug-likeness (QED) is 0.173. The first-order valence-corrected chi connectivity index (χ1v) is 44.4. The SMILES string of the molecule is C.C.C.C=C(C)N1CCC(C(C)C)C1.C=S(C)(=O)N1CCC(C(C)C)CC1.C=S(C)(=O)N1CCCC(C(C)C)C1.CC(=O)N1CCC(C(C)C)CC1.CC(=O)N1CCCC(C(C)C)C1.CC(=O)N1CCCC1C(C)C.CC(=O)N1CCCCC1C(C)C.CC(C)C1CCCCN1S(C)(=O)=O. The fourth-order valence-corrected chi connectivity index (χ4v) is 18.4. The molecule has 8 rings (SSSR count). The molecule has 0 N–H and O–H groups in total. The van der Waals surface area contributed by atoms with E-state index >= 15 is 0 Å². The molecule has 8 heterocycles. The van der Waals surface area contributed by atoms with E-state index < -0.39 is 29.4 Å². The van der Waals surface area contributed by atoms with Crippen LogP contribution in [0, 0.1) is 76.9 Å². The molecule has 0 aromatic rings. The Balaban J connectivity index is -0.00000107. The van der Waals surface area contributed by atoms with Gasteiger partial charge in [0, 0.05) is 169 Å². The summed E-state index contributed by atoms with van der Waals surface area (Å²) in [6, 6.07) is 1.23. The van der Waals surface area contributed by atoms with Crippen molar-refractivity contribution in [1.82, 2.24) is 37.4 Å². The summed E-state index contributed by atoms with van der Waals surface area (Å²) in [6.07, 6.45) is 25.0. The molecule has 19 heteroatoms. The van der Waals surface area contributed by atoms with Gasteiger partial charge < -0.3 is 24.5 Å². The van der Waals surface area contributed by atoms with Crippen LogP contribution >= 0.6 is 0 Å². The van der Waals surface area contributed by atoms with Gasteiger partial charge in [-0.3, -0.25) is 27.6 Å². The van der Waals surface area contributed by atoms with E-state index in [9.17, 15) is 36.0 Å². The van der Waals surface area contributed by atoms with Crippen molar-refractivity contribution >= 4 is 64.8 Å². The Kier molecular flexibility index (Phi) is 50.7. The Hall–Kier alpha value is -2.71. The van der Waals surface area contributed by atoms with E-state index in [0.717, 1.165) is 126 Å². The Morgan fingerprint density at radius 1 is 0.320 bits per heavy atom. The number of carbonyl (C=O) groups is 4. The van der Waals surface area contributed by atoms with Crippen LogP contribution in [0.4, 0.5) is 0 Å². The second-order valence-electron chi connectivity index (χ2n) is 33.0. The van der Waals surface area contributed by atoms with Gasteiger partial charge in [-0.2, -0.15) is 4.31 Å². The Morgan fingerprint density at radius 3 is 0.970 bits per heavy atom. The number of allylic oxidation sites excluding steroid dienone is 1. The van der Waals surface area contributed by atoms with Crippen molar-refractivity contribution < 1.29 is 36.0 Å². The zero-order chi connectivity index (χ0) is 74.5. The average molecular weight is 1480 g/mol. The van der Waals surface area contributed by atoms with Crippen LogP contribution in [0.5, 0.6) is 0 Å². The van der Waals surface area contributed by atoms with E-state index in [1.54, 1.807) is 44.5 Å². The highest BCUT2D eigenvalue weighted by molar-refractivity contribution is 7.97. The molecule has 0 aromatic heterocycles. The van der Waals surface area contributed by atoms with E-state index in [1.807, 2.05) is 23.9 Å². The average Bonchev–Trinajstić information content (AvgIpc) is 1.31. The van der Waals surface area contributed by atoms with Crippen LogP contribution in [0.1, 0.15) is 277 Å². The molecule has 8 aliphatic heterocycles. The van der Waals surface area contributed by atoms with Gasteiger partial charge in [-0.05, 0) is 198 Å². The molecule has 8 aliphatic rings. The lowest BCUT2D eigenvalue weighted by molar-refractivity contribution is -0.133. The van der Waals surface area contributed by atoms with E-state index in [4.69, 9.17) is 0 Å². The van der Waals surface area contributed by atoms with Crippen molar-refractivity contribution in [2.45, 2.75) is 295 Å². The van der Waals surface area contributed by atoms with Crippen molar-refractivity contribution in [2.24, 2.45) is 76.9 Å². The Labute approximate surface area is 622 Å². The van der Waals surface area contributed by atoms with Crippen LogP contribution in [0.3, 0.4) is 0 Å². The topological polar surface area (TPSA) is 162 Å². The van der Waals surface area contributed by atoms with Crippen molar-refractivity contribution in [2.75, 3.05) is 104 Å². The number of hydrogen-bond donors (Lipinski definition) is 0. The molecule has 0 aromatic carbocycles. The molecule has 4 amide bonds. The largest absolute Gasteiger partial charge is 0.375 e. The normalized spacial score (nSPS) is 24.6. The highest BCUT2D eigenvalue weighted by Gasteiger charge is 2.33. The zero-order valence-electron chi connectivity index (χ0n) is 67.1. The van der Waals surface area contributed by atoms with Crippen LogP contribution in [0.15, 0.2) is 12.3 Å². The number of carbonyl (C=O) groups excluding carboxylic acids is 4. The minimum atomic E-state index is -2.99. The molecule has 8 unspecified atom stereocenters. The number of sulfonamides is 1. The van der Waals surface area contributed by atoms with Gasteiger partial charge in [0.1, 0.15) is 0 Å². The molecule has 0 aliphatic carbocycles. The summed E-state index contributed by atoms with van der Waals surface area (Å²) in [5.74, 6) is 17.8. The number of piperidine rings is 6. The van der Waals surface area contributed by atoms with E-state index in [0.29, 0.717) is 54.1 Å². The molecular weight excluding hydrogens is 1310 g/mol. The lowest BCUT2D eigenvalue weighted by atomic mass is 9.87. The van der Waals surface area contributed by atoms with Gasteiger partial charge in [-0.15, -0.1) is 0 Å². The summed E-state index contributed by atoms with van der Waals surface area (Å²) in [4.78, 5) is 54.8. The molecular formula is C81H166N8O8S3. The fourth-order valence-electron chi connectivity index (χ4n) is 15.1. The van der Waals surface area contributed by atoms with Crippen molar-refractivity contribution in [3.05, 3.63) is 12.3 Å². The third-order valence-electron chi connectivity index (χ3n) is 22.3. The summed E-state index contributed by atoms with van der Waals surface area (Å²) in [5.41, 5.74) is 1.23. The van der Waals surface area contributed by atoms with Gasteiger partial charge in [0.25, 0.3) is 0 Å². The number of likely N-dealkylation sites (tertiary alicyclic amines) is 5. The summed E-state index contributed by atoms with van der Waals surface area (Å²) in [5, 5.41) is 0. The van der Waals surface area contributed by atoms with E-state index in [-0.39, 0.29) is 52.0 Å². The summed E-state index contributed by atoms with van der Waals surface area (Å²) in [7, 11) is -6.89. The van der Waals surface area contributed by atoms with Gasteiger partial charge in [0.2, 0.25) is 33.7 Å². The van der Waals surface area contributed by atoms with Crippen molar-refractivity contribution in [3.63, 3.8) is 0 Å². The predicted octanol–water partition coefficient (Wildman–Crippen LogP) is 16.6. The Morgan fingerprint density at radius 2 is 0.640 bits per heavy atom. The number of nitrogens with zero attached hydrogens (tertiary/aromatic N) is 8. The third-order valence-corrected chi connectivity index (χ3v) is 26.5. The Bertz CT molecular complexity index is 2610. The number of amides is 4. The third kappa shape index (κ3) is 38.5. The highest BCUT2D eigenvalue weighted by Crippen LogP contribution is 2.31. The molecule has 8 saturated heterocycles. The smallest absolute Gasteiger partial charge is 0.219 e. The van der Waals surface area contributed by atoms with Gasteiger partial charge in [0.15, 0.2) is 0 Å². The first-order chi connectivity index (χ1) is 44.8. The first-order valence-electron chi connectivity index (χ1n) is 38.4. The van der Waals surface area contributed by atoms with Gasteiger partial charge in [-0.1, -0.05) is 146 Å². The van der Waals surface area contributed by atoms with E-state index in [1.165, 1.54) is 115 Å². The van der Waals surface area contributed by atoms with Crippen LogP contribution in [-0.2, 0) is 48.6 Å². The maximum atomic E-state index is 11.7. The minimum Gasteiger partial charge on any atom is -0.375 e. The van der Waals surface area contributed by atoms with Gasteiger partial charge in [-0.25, -0.2) is 17.0 Å². The molecule has 100 heavy (non-hydrogen) atoms. The number of hydrogen-bond acceptors (Lipinski definition) is 9. The lowest BCUT2D eigenvalue weighted by Crippen LogP contribution is -2.45. The van der Waals surface area contributed by atoms with E-state index in [2.05, 4.69) is 145 Å². The molecule has 0 spiro atoms. The zero-order valence-corrected chi connectivity index (χ0v) is 69.6. The van der Waals surface area contributed by atoms with Gasteiger partial charge in [0.05, 0.1) is 6.26 Å². The van der Waals surface area contributed by atoms with Crippen molar-refractivity contribution in [1.29, 1.82) is 0 Å². The van der Waals surface area contributed by atoms with Crippen molar-refractivity contribution in [3.8, 4) is 0 Å². The molecule has 0 radical (unpaired) electrons. The summed E-state index contributed by atoms with van der Waals surface area (Å²) in [6.45, 7) is 61.2. The second kappa shape index (κ2) is 50.0. The van der Waals surface area contributed by atoms with Gasteiger partial charge >= 0.3 is 0 Å². The maximum Gasteiger partial charge on any atom is 0.219 e. The molecule has 8 atom stereocenters. The standard InChI is InChI=1S/2C10H21NOS.3C10H19NO.C10H19N.C9H19NO2S.C9H17NO.3CH4/c1-9(2)10-5-7-11(8-6-10)13(3,4)12;1-9(2)10-6-5-7-11(8-10)13(3,4)12;1-8(2)10-4-6-11(7-5-10)9(3)12;1-8(2)10-5-4-6-11(7-10)9(3)12;1-8(2)10-6-4-5-7-11(10)9(3)12;1-8(2)10-5-6-11(7-10)9(3)4;1-8(2)9-6-4-5-7-10(9)13(3,11)12;1-7(2)9-5-4-6-10(9)8(3)11;;;/h2*9-10H,3,5-8H2,1-2,4H3;3*8,10H,4-7H2,1-3H3;8,10H,3,5-7H2,1-2,4H3;8-9H,4-7H2,1-3H3;7,9H,4-6H2,1-3H3;3*1H4. The molecule has 0 bridgehead atoms. The highest BCUT2D eigenvalue weighted by atomic mass is 32.2. The first kappa shape index (κ1) is 101. The van der Waals surface area contributed by atoms with Crippen LogP contribution < -0.4 is 0 Å². The predicted molar refractivity (Wildman–Crippen MR) is 439 cm³/mol. The van der Waals surface area contributed by atoms with Crippen LogP contribution in [-0.4, -0.2) is 212 Å². The molecule has 0 saturated carbocycles. The molecule has 8 fully saturated rings. The fraction of sp³-hybridized carbons (Fsp3) is 0.901. The lowest BCUT2D eigenvalue weighted by Gasteiger charge is -2.37. The van der Waals surface area contributed by atoms with Crippen LogP contribution in [0.2, 0.25) is 0 Å². The maximum absolute atomic E-state index is 11.7. The minimum absolute atomic E-state index is 0. The van der Waals surface area contributed by atoms with Crippen LogP contribution in [0.25, 0.3) is 0 Å². The summed E-state index contributed by atoms with van der Waals surface area (Å²) >= 11 is 0. The molecule has 596 valence electrons. The second-order valence-corrected chi connectivity index (χ2v) is 39.8. The molecule has 16 nitrogen and oxygen atoms in total. The monoisotopic (exact) mass is 1480 g/mol. The number of rotatable bonds is 12.